The standard InChI is InChI=1S/C21H18N4O5/c1-30-21(27)15-6-4-5-13(11-15)17-12-14(9-10-19(22)26)20(24-23-17)16-7-2-3-8-18(16)25(28)29/h2-8,11-12H,9-10H2,1H3,(H2,22,26). The number of nitro benzene ring substituents is 1. The Morgan fingerprint density at radius 3 is 2.57 bits per heavy atom. The van der Waals surface area contributed by atoms with Crippen molar-refractivity contribution in [3.8, 4) is 22.5 Å². The predicted molar refractivity (Wildman–Crippen MR) is 108 cm³/mol. The molecule has 152 valence electrons. The number of carbonyl (C=O) groups excluding carboxylic acids is 2. The van der Waals surface area contributed by atoms with Crippen LogP contribution in [0.25, 0.3) is 22.5 Å². The molecule has 3 rings (SSSR count). The van der Waals surface area contributed by atoms with Crippen LogP contribution in [0.2, 0.25) is 0 Å². The van der Waals surface area contributed by atoms with Gasteiger partial charge in [0.2, 0.25) is 5.91 Å². The highest BCUT2D eigenvalue weighted by molar-refractivity contribution is 5.90. The highest BCUT2D eigenvalue weighted by atomic mass is 16.6. The average molecular weight is 406 g/mol. The Kier molecular flexibility index (Phi) is 6.11. The zero-order valence-corrected chi connectivity index (χ0v) is 16.1. The molecule has 0 aliphatic carbocycles. The van der Waals surface area contributed by atoms with E-state index in [0.29, 0.717) is 33.6 Å². The number of nitro groups is 1. The van der Waals surface area contributed by atoms with E-state index >= 15 is 0 Å². The number of methoxy groups -OCH3 is 1. The number of amides is 1. The molecule has 1 aromatic heterocycles. The van der Waals surface area contributed by atoms with Crippen LogP contribution in [0.15, 0.2) is 54.6 Å². The second kappa shape index (κ2) is 8.91. The Bertz CT molecular complexity index is 1130. The number of aryl methyl sites for hydroxylation is 1. The van der Waals surface area contributed by atoms with Crippen LogP contribution in [0.5, 0.6) is 0 Å². The normalized spacial score (nSPS) is 10.4. The Labute approximate surface area is 171 Å². The van der Waals surface area contributed by atoms with E-state index in [0.717, 1.165) is 0 Å². The first-order valence-electron chi connectivity index (χ1n) is 8.98. The van der Waals surface area contributed by atoms with Gasteiger partial charge in [-0.3, -0.25) is 14.9 Å². The monoisotopic (exact) mass is 406 g/mol. The second-order valence-electron chi connectivity index (χ2n) is 6.42. The van der Waals surface area contributed by atoms with Gasteiger partial charge < -0.3 is 10.5 Å². The zero-order chi connectivity index (χ0) is 21.7. The van der Waals surface area contributed by atoms with E-state index < -0.39 is 16.8 Å². The molecule has 0 aliphatic heterocycles. The lowest BCUT2D eigenvalue weighted by molar-refractivity contribution is -0.384. The summed E-state index contributed by atoms with van der Waals surface area (Å²) >= 11 is 0. The van der Waals surface area contributed by atoms with Crippen LogP contribution in [0.3, 0.4) is 0 Å². The third-order valence-electron chi connectivity index (χ3n) is 4.45. The van der Waals surface area contributed by atoms with Crippen molar-refractivity contribution in [2.45, 2.75) is 12.8 Å². The van der Waals surface area contributed by atoms with Crippen LogP contribution in [0.4, 0.5) is 5.69 Å². The molecule has 0 unspecified atom stereocenters. The van der Waals surface area contributed by atoms with E-state index in [1.807, 2.05) is 0 Å². The molecule has 30 heavy (non-hydrogen) atoms. The molecule has 9 heteroatoms. The molecule has 0 spiro atoms. The lowest BCUT2D eigenvalue weighted by atomic mass is 9.99. The lowest BCUT2D eigenvalue weighted by Gasteiger charge is -2.11. The molecule has 1 heterocycles. The average Bonchev–Trinajstić information content (AvgIpc) is 2.77. The SMILES string of the molecule is COC(=O)c1cccc(-c2cc(CCC(N)=O)c(-c3ccccc3[N+](=O)[O-])nn2)c1. The van der Waals surface area contributed by atoms with Gasteiger partial charge in [0.05, 0.1) is 28.9 Å². The molecule has 0 atom stereocenters. The van der Waals surface area contributed by atoms with E-state index in [-0.39, 0.29) is 18.5 Å². The van der Waals surface area contributed by atoms with Crippen molar-refractivity contribution in [2.24, 2.45) is 5.73 Å². The van der Waals surface area contributed by atoms with Crippen LogP contribution in [0.1, 0.15) is 22.3 Å². The Hall–Kier alpha value is -4.14. The van der Waals surface area contributed by atoms with Gasteiger partial charge in [-0.25, -0.2) is 4.79 Å². The molecule has 0 aliphatic rings. The predicted octanol–water partition coefficient (Wildman–Crippen LogP) is 2.92. The minimum Gasteiger partial charge on any atom is -0.465 e. The molecule has 0 bridgehead atoms. The van der Waals surface area contributed by atoms with Crippen LogP contribution in [0, 0.1) is 10.1 Å². The topological polar surface area (TPSA) is 138 Å². The number of nitrogens with zero attached hydrogens (tertiary/aromatic N) is 3. The fraction of sp³-hybridized carbons (Fsp3) is 0.143. The maximum atomic E-state index is 11.8. The smallest absolute Gasteiger partial charge is 0.337 e. The van der Waals surface area contributed by atoms with Gasteiger partial charge in [-0.2, -0.15) is 0 Å². The first-order chi connectivity index (χ1) is 14.4. The molecule has 0 fully saturated rings. The number of carbonyl (C=O) groups is 2. The number of ether oxygens (including phenoxy) is 1. The third-order valence-corrected chi connectivity index (χ3v) is 4.45. The van der Waals surface area contributed by atoms with E-state index in [1.165, 1.54) is 13.2 Å². The fourth-order valence-corrected chi connectivity index (χ4v) is 3.00. The summed E-state index contributed by atoms with van der Waals surface area (Å²) in [6.07, 6.45) is 0.275. The molecule has 0 saturated heterocycles. The first kappa shape index (κ1) is 20.6. The van der Waals surface area contributed by atoms with Crippen molar-refractivity contribution < 1.29 is 19.2 Å². The summed E-state index contributed by atoms with van der Waals surface area (Å²) in [5, 5.41) is 19.8. The van der Waals surface area contributed by atoms with Crippen molar-refractivity contribution in [2.75, 3.05) is 7.11 Å². The van der Waals surface area contributed by atoms with Crippen LogP contribution < -0.4 is 5.73 Å². The van der Waals surface area contributed by atoms with Gasteiger partial charge in [-0.1, -0.05) is 24.3 Å². The second-order valence-corrected chi connectivity index (χ2v) is 6.42. The molecule has 1 amide bonds. The Balaban J connectivity index is 2.12. The molecular weight excluding hydrogens is 388 g/mol. The van der Waals surface area contributed by atoms with Gasteiger partial charge >= 0.3 is 5.97 Å². The molecule has 9 nitrogen and oxygen atoms in total. The van der Waals surface area contributed by atoms with Gasteiger partial charge in [0, 0.05) is 18.1 Å². The van der Waals surface area contributed by atoms with Crippen molar-refractivity contribution in [3.05, 3.63) is 75.8 Å². The summed E-state index contributed by atoms with van der Waals surface area (Å²) in [5.41, 5.74) is 7.75. The maximum Gasteiger partial charge on any atom is 0.337 e. The van der Waals surface area contributed by atoms with E-state index in [9.17, 15) is 19.7 Å². The molecule has 3 aromatic rings. The Morgan fingerprint density at radius 1 is 1.10 bits per heavy atom. The number of para-hydroxylation sites is 1. The van der Waals surface area contributed by atoms with Gasteiger partial charge in [0.15, 0.2) is 0 Å². The summed E-state index contributed by atoms with van der Waals surface area (Å²) in [6, 6.07) is 14.5. The number of esters is 1. The number of nitrogens with two attached hydrogens (primary N) is 1. The van der Waals surface area contributed by atoms with E-state index in [4.69, 9.17) is 10.5 Å². The quantitative estimate of drug-likeness (QED) is 0.361. The highest BCUT2D eigenvalue weighted by Crippen LogP contribution is 2.32. The van der Waals surface area contributed by atoms with Gasteiger partial charge in [0.25, 0.3) is 5.69 Å². The van der Waals surface area contributed by atoms with Gasteiger partial charge in [-0.15, -0.1) is 10.2 Å². The van der Waals surface area contributed by atoms with Crippen molar-refractivity contribution in [1.82, 2.24) is 10.2 Å². The van der Waals surface area contributed by atoms with Crippen LogP contribution in [-0.4, -0.2) is 34.1 Å². The summed E-state index contributed by atoms with van der Waals surface area (Å²) < 4.78 is 4.74. The minimum atomic E-state index is -0.505. The van der Waals surface area contributed by atoms with E-state index in [2.05, 4.69) is 10.2 Å². The summed E-state index contributed by atoms with van der Waals surface area (Å²) in [6.45, 7) is 0. The third kappa shape index (κ3) is 4.46. The summed E-state index contributed by atoms with van der Waals surface area (Å²) in [4.78, 5) is 34.1. The number of benzene rings is 2. The molecule has 2 aromatic carbocycles. The maximum absolute atomic E-state index is 11.8. The first-order valence-corrected chi connectivity index (χ1v) is 8.98. The van der Waals surface area contributed by atoms with Crippen molar-refractivity contribution in [1.29, 1.82) is 0 Å². The summed E-state index contributed by atoms with van der Waals surface area (Å²) in [5.74, 6) is -0.996. The minimum absolute atomic E-state index is 0.0426. The van der Waals surface area contributed by atoms with Crippen molar-refractivity contribution in [3.63, 3.8) is 0 Å². The Morgan fingerprint density at radius 2 is 1.87 bits per heavy atom. The van der Waals surface area contributed by atoms with E-state index in [1.54, 1.807) is 48.5 Å². The molecule has 0 saturated carbocycles. The lowest BCUT2D eigenvalue weighted by Crippen LogP contribution is -2.12. The fourth-order valence-electron chi connectivity index (χ4n) is 3.00. The number of hydrogen-bond donors (Lipinski definition) is 1. The van der Waals surface area contributed by atoms with Crippen LogP contribution in [-0.2, 0) is 16.0 Å². The molecule has 0 radical (unpaired) electrons. The molecule has 2 N–H and O–H groups in total. The van der Waals surface area contributed by atoms with Crippen LogP contribution >= 0.6 is 0 Å². The summed E-state index contributed by atoms with van der Waals surface area (Å²) in [7, 11) is 1.29. The highest BCUT2D eigenvalue weighted by Gasteiger charge is 2.20. The van der Waals surface area contributed by atoms with Gasteiger partial charge in [-0.05, 0) is 36.2 Å². The number of rotatable bonds is 7. The number of hydrogen-bond acceptors (Lipinski definition) is 7. The number of aromatic nitrogens is 2. The molecular formula is C21H18N4O5. The number of primary amides is 1. The van der Waals surface area contributed by atoms with Crippen molar-refractivity contribution >= 4 is 17.6 Å². The zero-order valence-electron chi connectivity index (χ0n) is 16.1. The van der Waals surface area contributed by atoms with Gasteiger partial charge in [0.1, 0.15) is 5.69 Å². The largest absolute Gasteiger partial charge is 0.465 e.